The van der Waals surface area contributed by atoms with Gasteiger partial charge < -0.3 is 0 Å². The summed E-state index contributed by atoms with van der Waals surface area (Å²) in [6, 6.07) is 0. The molecule has 0 aromatic rings. The van der Waals surface area contributed by atoms with E-state index < -0.39 is 0 Å². The minimum absolute atomic E-state index is 0.794. The topological polar surface area (TPSA) is 0 Å². The maximum absolute atomic E-state index is 2.63. The third kappa shape index (κ3) is 3.01. The first kappa shape index (κ1) is 20.2. The minimum atomic E-state index is 0.794. The predicted octanol–water partition coefficient (Wildman–Crippen LogP) is 8.14. The Hall–Kier alpha value is -1.04. The molecule has 0 aliphatic heterocycles. The standard InChI is InChI=1S/C28H42/c1-15-13-24-10-9-23(26(24)14-16(15)2)11-12-25-19(5)22(8)27-20(6)17(3)18(4)21(7)28(25)27/h13-14,19,22-28H,9-12H2,1-8H3/t19?,22-,23?,24-,25?,26?,27?,28?/m1/s1. The smallest absolute Gasteiger partial charge is 0.0101 e. The first-order chi connectivity index (χ1) is 13.2. The molecule has 154 valence electrons. The molecule has 0 nitrogen and oxygen atoms in total. The van der Waals surface area contributed by atoms with Crippen molar-refractivity contribution in [2.75, 3.05) is 0 Å². The fraction of sp³-hybridized carbons (Fsp3) is 0.714. The van der Waals surface area contributed by atoms with Gasteiger partial charge in [0.15, 0.2) is 0 Å². The van der Waals surface area contributed by atoms with Gasteiger partial charge in [-0.1, -0.05) is 48.3 Å². The lowest BCUT2D eigenvalue weighted by atomic mass is 9.69. The van der Waals surface area contributed by atoms with Crippen LogP contribution in [0.3, 0.4) is 0 Å². The second-order valence-corrected chi connectivity index (χ2v) is 10.9. The predicted molar refractivity (Wildman–Crippen MR) is 122 cm³/mol. The zero-order valence-electron chi connectivity index (χ0n) is 19.6. The van der Waals surface area contributed by atoms with E-state index in [2.05, 4.69) is 67.5 Å². The van der Waals surface area contributed by atoms with E-state index in [9.17, 15) is 0 Å². The van der Waals surface area contributed by atoms with Crippen molar-refractivity contribution in [1.82, 2.24) is 0 Å². The highest BCUT2D eigenvalue weighted by Crippen LogP contribution is 2.57. The molecule has 4 rings (SSSR count). The van der Waals surface area contributed by atoms with E-state index in [1.807, 2.05) is 0 Å². The van der Waals surface area contributed by atoms with Crippen LogP contribution in [0, 0.1) is 47.3 Å². The summed E-state index contributed by atoms with van der Waals surface area (Å²) in [5.74, 6) is 6.71. The van der Waals surface area contributed by atoms with Crippen molar-refractivity contribution in [3.63, 3.8) is 0 Å². The molecule has 0 heterocycles. The van der Waals surface area contributed by atoms with Gasteiger partial charge >= 0.3 is 0 Å². The Balaban J connectivity index is 1.52. The second-order valence-electron chi connectivity index (χ2n) is 10.9. The summed E-state index contributed by atoms with van der Waals surface area (Å²) in [6.45, 7) is 19.3. The zero-order chi connectivity index (χ0) is 20.3. The molecule has 28 heavy (non-hydrogen) atoms. The molecule has 0 aromatic carbocycles. The van der Waals surface area contributed by atoms with Gasteiger partial charge in [-0.15, -0.1) is 0 Å². The molecule has 2 fully saturated rings. The molecule has 0 aromatic heterocycles. The minimum Gasteiger partial charge on any atom is -0.0776 e. The Bertz CT molecular complexity index is 770. The van der Waals surface area contributed by atoms with Gasteiger partial charge in [0.2, 0.25) is 0 Å². The van der Waals surface area contributed by atoms with E-state index in [-0.39, 0.29) is 0 Å². The molecule has 0 saturated heterocycles. The third-order valence-corrected chi connectivity index (χ3v) is 9.97. The van der Waals surface area contributed by atoms with Crippen molar-refractivity contribution in [2.45, 2.75) is 81.1 Å². The number of fused-ring (bicyclic) bond motifs is 2. The molecule has 6 unspecified atom stereocenters. The summed E-state index contributed by atoms with van der Waals surface area (Å²) in [5, 5.41) is 0. The van der Waals surface area contributed by atoms with Crippen molar-refractivity contribution >= 4 is 0 Å². The Morgan fingerprint density at radius 3 is 2.00 bits per heavy atom. The van der Waals surface area contributed by atoms with E-state index >= 15 is 0 Å². The van der Waals surface area contributed by atoms with Crippen molar-refractivity contribution in [2.24, 2.45) is 47.3 Å². The first-order valence-corrected chi connectivity index (χ1v) is 11.9. The fourth-order valence-corrected chi connectivity index (χ4v) is 7.64. The summed E-state index contributed by atoms with van der Waals surface area (Å²) < 4.78 is 0. The van der Waals surface area contributed by atoms with Gasteiger partial charge in [-0.2, -0.15) is 0 Å². The highest BCUT2D eigenvalue weighted by atomic mass is 14.5. The van der Waals surface area contributed by atoms with Gasteiger partial charge in [0, 0.05) is 0 Å². The molecule has 0 heteroatoms. The number of hydrogen-bond donors (Lipinski definition) is 0. The van der Waals surface area contributed by atoms with Crippen LogP contribution < -0.4 is 0 Å². The SMILES string of the molecule is CC1=CC2C(CCC3C4C(C)=C(C)C(C)=C(C)C4[C@H](C)C3C)CC[C@@H]2C=C1C. The van der Waals surface area contributed by atoms with Gasteiger partial charge in [0.1, 0.15) is 0 Å². The van der Waals surface area contributed by atoms with Crippen LogP contribution in [0.15, 0.2) is 45.6 Å². The van der Waals surface area contributed by atoms with Gasteiger partial charge in [0.05, 0.1) is 0 Å². The monoisotopic (exact) mass is 378 g/mol. The Labute approximate surface area is 174 Å². The number of rotatable bonds is 3. The summed E-state index contributed by atoms with van der Waals surface area (Å²) in [5.41, 5.74) is 9.65. The quantitative estimate of drug-likeness (QED) is 0.465. The highest BCUT2D eigenvalue weighted by molar-refractivity contribution is 5.43. The summed E-state index contributed by atoms with van der Waals surface area (Å²) >= 11 is 0. The first-order valence-electron chi connectivity index (χ1n) is 11.9. The summed E-state index contributed by atoms with van der Waals surface area (Å²) in [4.78, 5) is 0. The van der Waals surface area contributed by atoms with Crippen molar-refractivity contribution in [1.29, 1.82) is 0 Å². The van der Waals surface area contributed by atoms with Crippen LogP contribution in [0.5, 0.6) is 0 Å². The van der Waals surface area contributed by atoms with Gasteiger partial charge in [-0.05, 0) is 126 Å². The molecule has 0 N–H and O–H groups in total. The van der Waals surface area contributed by atoms with Gasteiger partial charge in [-0.3, -0.25) is 0 Å². The second kappa shape index (κ2) is 7.33. The van der Waals surface area contributed by atoms with Crippen LogP contribution >= 0.6 is 0 Å². The number of allylic oxidation sites excluding steroid dienone is 8. The van der Waals surface area contributed by atoms with Crippen molar-refractivity contribution < 1.29 is 0 Å². The van der Waals surface area contributed by atoms with E-state index in [1.54, 1.807) is 22.3 Å². The van der Waals surface area contributed by atoms with Crippen molar-refractivity contribution in [3.05, 3.63) is 45.6 Å². The lowest BCUT2D eigenvalue weighted by Gasteiger charge is -2.35. The molecule has 0 radical (unpaired) electrons. The molecular formula is C28H42. The molecule has 4 aliphatic rings. The summed E-state index contributed by atoms with van der Waals surface area (Å²) in [6.07, 6.45) is 11.0. The number of hydrogen-bond acceptors (Lipinski definition) is 0. The van der Waals surface area contributed by atoms with Crippen LogP contribution in [0.1, 0.15) is 81.1 Å². The van der Waals surface area contributed by atoms with E-state index in [0.29, 0.717) is 0 Å². The summed E-state index contributed by atoms with van der Waals surface area (Å²) in [7, 11) is 0. The largest absolute Gasteiger partial charge is 0.0776 e. The van der Waals surface area contributed by atoms with Crippen molar-refractivity contribution in [3.8, 4) is 0 Å². The maximum atomic E-state index is 2.63. The van der Waals surface area contributed by atoms with Crippen LogP contribution in [-0.4, -0.2) is 0 Å². The average Bonchev–Trinajstić information content (AvgIpc) is 3.16. The van der Waals surface area contributed by atoms with E-state index in [4.69, 9.17) is 0 Å². The Morgan fingerprint density at radius 1 is 0.714 bits per heavy atom. The van der Waals surface area contributed by atoms with Gasteiger partial charge in [-0.25, -0.2) is 0 Å². The lowest BCUT2D eigenvalue weighted by Crippen LogP contribution is -2.25. The van der Waals surface area contributed by atoms with Crippen LogP contribution in [0.25, 0.3) is 0 Å². The van der Waals surface area contributed by atoms with Crippen LogP contribution in [0.2, 0.25) is 0 Å². The molecular weight excluding hydrogens is 336 g/mol. The van der Waals surface area contributed by atoms with Crippen LogP contribution in [0.4, 0.5) is 0 Å². The normalized spacial score (nSPS) is 43.1. The Kier molecular flexibility index (Phi) is 5.30. The molecule has 0 spiro atoms. The third-order valence-electron chi connectivity index (χ3n) is 9.97. The fourth-order valence-electron chi connectivity index (χ4n) is 7.64. The van der Waals surface area contributed by atoms with E-state index in [0.717, 1.165) is 47.3 Å². The molecule has 2 saturated carbocycles. The molecule has 8 atom stereocenters. The van der Waals surface area contributed by atoms with Gasteiger partial charge in [0.25, 0.3) is 0 Å². The van der Waals surface area contributed by atoms with E-state index in [1.165, 1.54) is 36.8 Å². The highest BCUT2D eigenvalue weighted by Gasteiger charge is 2.49. The van der Waals surface area contributed by atoms with Crippen LogP contribution in [-0.2, 0) is 0 Å². The maximum Gasteiger partial charge on any atom is -0.0101 e. The zero-order valence-corrected chi connectivity index (χ0v) is 19.6. The molecule has 0 amide bonds. The average molecular weight is 379 g/mol. The molecule has 0 bridgehead atoms. The molecule has 4 aliphatic carbocycles. The Morgan fingerprint density at radius 2 is 1.32 bits per heavy atom. The lowest BCUT2D eigenvalue weighted by molar-refractivity contribution is 0.266.